The summed E-state index contributed by atoms with van der Waals surface area (Å²) in [6.07, 6.45) is 4.59. The number of nitrogens with zero attached hydrogens (tertiary/aromatic N) is 4. The van der Waals surface area contributed by atoms with Gasteiger partial charge in [-0.1, -0.05) is 29.3 Å². The highest BCUT2D eigenvalue weighted by Crippen LogP contribution is 2.29. The van der Waals surface area contributed by atoms with E-state index in [1.807, 2.05) is 0 Å². The summed E-state index contributed by atoms with van der Waals surface area (Å²) < 4.78 is 24.8. The minimum atomic E-state index is -1.12. The Morgan fingerprint density at radius 2 is 2.14 bits per heavy atom. The van der Waals surface area contributed by atoms with Crippen LogP contribution in [0.3, 0.4) is 0 Å². The highest BCUT2D eigenvalue weighted by Gasteiger charge is 2.29. The average Bonchev–Trinajstić information content (AvgIpc) is 3.40. The first kappa shape index (κ1) is 23.8. The Balaban J connectivity index is 1.31. The lowest BCUT2D eigenvalue weighted by atomic mass is 10.0. The second-order valence-corrected chi connectivity index (χ2v) is 9.24. The summed E-state index contributed by atoms with van der Waals surface area (Å²) in [6.45, 7) is 1.32. The Morgan fingerprint density at radius 3 is 2.91 bits per heavy atom. The second kappa shape index (κ2) is 10.3. The molecule has 2 aliphatic heterocycles. The van der Waals surface area contributed by atoms with E-state index in [0.717, 1.165) is 11.3 Å². The minimum absolute atomic E-state index is 0.0573. The standard InChI is InChI=1S/C23H23Cl2FN6O3/c24-15-2-1-13(7-16(15)25)21(20-9-27-12-35-20)31-23(33)32-5-3-14-8-28-22(30-19(14)10-32)29-18-4-6-34-11-17(18)26/h1-2,7-9,12,17-18,21H,3-6,10-11H2,(H,31,33)(H,28,29,30)/t17-,18+,21+/m1/s1. The molecule has 2 aromatic heterocycles. The van der Waals surface area contributed by atoms with Gasteiger partial charge in [0.1, 0.15) is 12.2 Å². The van der Waals surface area contributed by atoms with E-state index in [2.05, 4.69) is 25.6 Å². The van der Waals surface area contributed by atoms with Gasteiger partial charge in [-0.05, 0) is 36.1 Å². The maximum atomic E-state index is 14.1. The first-order valence-electron chi connectivity index (χ1n) is 11.2. The zero-order chi connectivity index (χ0) is 24.4. The molecule has 3 atom stereocenters. The third kappa shape index (κ3) is 5.34. The Bertz CT molecular complexity index is 1200. The number of carbonyl (C=O) groups excluding carboxylic acids is 1. The minimum Gasteiger partial charge on any atom is -0.446 e. The summed E-state index contributed by atoms with van der Waals surface area (Å²) in [4.78, 5) is 27.8. The smallest absolute Gasteiger partial charge is 0.318 e. The Kier molecular flexibility index (Phi) is 7.03. The van der Waals surface area contributed by atoms with Crippen molar-refractivity contribution in [1.82, 2.24) is 25.2 Å². The summed E-state index contributed by atoms with van der Waals surface area (Å²) in [5.41, 5.74) is 2.38. The molecule has 0 saturated carbocycles. The van der Waals surface area contributed by atoms with Crippen molar-refractivity contribution < 1.29 is 18.3 Å². The van der Waals surface area contributed by atoms with Crippen LogP contribution in [0.2, 0.25) is 10.0 Å². The van der Waals surface area contributed by atoms with Gasteiger partial charge in [-0.3, -0.25) is 0 Å². The first-order valence-corrected chi connectivity index (χ1v) is 12.0. The van der Waals surface area contributed by atoms with Crippen LogP contribution in [-0.2, 0) is 17.7 Å². The lowest BCUT2D eigenvalue weighted by Crippen LogP contribution is -2.44. The van der Waals surface area contributed by atoms with Crippen LogP contribution in [-0.4, -0.2) is 57.9 Å². The molecule has 1 saturated heterocycles. The largest absolute Gasteiger partial charge is 0.446 e. The van der Waals surface area contributed by atoms with E-state index in [-0.39, 0.29) is 19.2 Å². The number of fused-ring (bicyclic) bond motifs is 1. The van der Waals surface area contributed by atoms with Gasteiger partial charge in [0.05, 0.1) is 41.1 Å². The molecule has 0 aliphatic carbocycles. The van der Waals surface area contributed by atoms with Gasteiger partial charge in [-0.2, -0.15) is 0 Å². The predicted octanol–water partition coefficient (Wildman–Crippen LogP) is 4.17. The van der Waals surface area contributed by atoms with E-state index in [9.17, 15) is 9.18 Å². The molecule has 184 valence electrons. The van der Waals surface area contributed by atoms with Crippen LogP contribution in [0.4, 0.5) is 15.1 Å². The van der Waals surface area contributed by atoms with Crippen LogP contribution in [0, 0.1) is 0 Å². The molecule has 35 heavy (non-hydrogen) atoms. The van der Waals surface area contributed by atoms with Crippen molar-refractivity contribution in [2.75, 3.05) is 25.1 Å². The van der Waals surface area contributed by atoms with Crippen molar-refractivity contribution in [2.24, 2.45) is 0 Å². The van der Waals surface area contributed by atoms with Gasteiger partial charge < -0.3 is 24.7 Å². The van der Waals surface area contributed by atoms with Gasteiger partial charge in [0.15, 0.2) is 12.2 Å². The number of urea groups is 1. The van der Waals surface area contributed by atoms with E-state index >= 15 is 0 Å². The normalized spacial score (nSPS) is 20.7. The highest BCUT2D eigenvalue weighted by atomic mass is 35.5. The fourth-order valence-corrected chi connectivity index (χ4v) is 4.48. The van der Waals surface area contributed by atoms with Crippen LogP contribution in [0.1, 0.15) is 35.0 Å². The van der Waals surface area contributed by atoms with Gasteiger partial charge in [-0.25, -0.2) is 24.1 Å². The molecular formula is C23H23Cl2FN6O3. The fourth-order valence-electron chi connectivity index (χ4n) is 4.17. The molecule has 9 nitrogen and oxygen atoms in total. The van der Waals surface area contributed by atoms with Crippen molar-refractivity contribution in [2.45, 2.75) is 37.6 Å². The number of nitrogens with one attached hydrogen (secondary N) is 2. The van der Waals surface area contributed by atoms with E-state index in [1.165, 1.54) is 6.39 Å². The number of hydrogen-bond donors (Lipinski definition) is 2. The highest BCUT2D eigenvalue weighted by molar-refractivity contribution is 6.42. The number of oxazole rings is 1. The summed E-state index contributed by atoms with van der Waals surface area (Å²) >= 11 is 12.3. The molecule has 2 amide bonds. The molecule has 1 fully saturated rings. The average molecular weight is 521 g/mol. The fraction of sp³-hybridized carbons (Fsp3) is 0.391. The Hall–Kier alpha value is -2.95. The third-order valence-electron chi connectivity index (χ3n) is 6.12. The summed E-state index contributed by atoms with van der Waals surface area (Å²) in [7, 11) is 0. The number of rotatable bonds is 5. The van der Waals surface area contributed by atoms with Gasteiger partial charge in [0.25, 0.3) is 0 Å². The van der Waals surface area contributed by atoms with Crippen LogP contribution in [0.25, 0.3) is 0 Å². The monoisotopic (exact) mass is 520 g/mol. The number of halogens is 3. The maximum absolute atomic E-state index is 14.1. The van der Waals surface area contributed by atoms with Crippen LogP contribution in [0.15, 0.2) is 41.4 Å². The number of ether oxygens (including phenoxy) is 1. The summed E-state index contributed by atoms with van der Waals surface area (Å²) in [6, 6.07) is 3.80. The summed E-state index contributed by atoms with van der Waals surface area (Å²) in [5, 5.41) is 6.84. The zero-order valence-electron chi connectivity index (χ0n) is 18.6. The predicted molar refractivity (Wildman–Crippen MR) is 127 cm³/mol. The van der Waals surface area contributed by atoms with Gasteiger partial charge in [0.2, 0.25) is 5.95 Å². The molecule has 0 bridgehead atoms. The van der Waals surface area contributed by atoms with Crippen LogP contribution < -0.4 is 10.6 Å². The van der Waals surface area contributed by atoms with Gasteiger partial charge >= 0.3 is 6.03 Å². The quantitative estimate of drug-likeness (QED) is 0.520. The molecule has 0 unspecified atom stereocenters. The Labute approximate surface area is 211 Å². The van der Waals surface area contributed by atoms with E-state index in [1.54, 1.807) is 35.5 Å². The van der Waals surface area contributed by atoms with Crippen LogP contribution in [0.5, 0.6) is 0 Å². The lowest BCUT2D eigenvalue weighted by molar-refractivity contribution is 0.0284. The topological polar surface area (TPSA) is 105 Å². The van der Waals surface area contributed by atoms with E-state index < -0.39 is 18.3 Å². The SMILES string of the molecule is O=C(N[C@@H](c1ccc(Cl)c(Cl)c1)c1cnco1)N1CCc2cnc(N[C@H]3CCOC[C@H]3F)nc2C1. The number of carbonyl (C=O) groups is 1. The molecule has 2 N–H and O–H groups in total. The molecule has 5 rings (SSSR count). The maximum Gasteiger partial charge on any atom is 0.318 e. The van der Waals surface area contributed by atoms with Crippen LogP contribution >= 0.6 is 23.2 Å². The van der Waals surface area contributed by atoms with Crippen molar-refractivity contribution in [3.05, 3.63) is 69.6 Å². The molecule has 4 heterocycles. The first-order chi connectivity index (χ1) is 17.0. The molecule has 3 aromatic rings. The molecule has 0 radical (unpaired) electrons. The van der Waals surface area contributed by atoms with E-state index in [0.29, 0.717) is 53.3 Å². The van der Waals surface area contributed by atoms with Crippen molar-refractivity contribution in [1.29, 1.82) is 0 Å². The molecular weight excluding hydrogens is 498 g/mol. The molecule has 12 heteroatoms. The van der Waals surface area contributed by atoms with Gasteiger partial charge in [-0.15, -0.1) is 0 Å². The number of hydrogen-bond acceptors (Lipinski definition) is 7. The van der Waals surface area contributed by atoms with Crippen molar-refractivity contribution in [3.8, 4) is 0 Å². The number of aromatic nitrogens is 3. The van der Waals surface area contributed by atoms with Crippen molar-refractivity contribution >= 4 is 35.2 Å². The summed E-state index contributed by atoms with van der Waals surface area (Å²) in [5.74, 6) is 0.802. The molecule has 0 spiro atoms. The number of benzene rings is 1. The van der Waals surface area contributed by atoms with Crippen molar-refractivity contribution in [3.63, 3.8) is 0 Å². The number of anilines is 1. The molecule has 2 aliphatic rings. The van der Waals surface area contributed by atoms with E-state index in [4.69, 9.17) is 32.4 Å². The lowest BCUT2D eigenvalue weighted by Gasteiger charge is -2.30. The third-order valence-corrected chi connectivity index (χ3v) is 6.85. The van der Waals surface area contributed by atoms with Gasteiger partial charge in [0, 0.05) is 19.3 Å². The second-order valence-electron chi connectivity index (χ2n) is 8.43. The zero-order valence-corrected chi connectivity index (χ0v) is 20.1. The molecule has 1 aromatic carbocycles. The number of alkyl halides is 1. The number of amides is 2. The Morgan fingerprint density at radius 1 is 1.26 bits per heavy atom.